The Balaban J connectivity index is 2.01. The van der Waals surface area contributed by atoms with Crippen LogP contribution in [0.15, 0.2) is 30.3 Å². The molecule has 1 aromatic heterocycles. The molecule has 0 spiro atoms. The van der Waals surface area contributed by atoms with E-state index in [9.17, 15) is 22.8 Å². The number of carbonyl (C=O) groups is 2. The maximum atomic E-state index is 13.1. The van der Waals surface area contributed by atoms with E-state index >= 15 is 0 Å². The Hall–Kier alpha value is -2.63. The molecule has 1 atom stereocenters. The van der Waals surface area contributed by atoms with Gasteiger partial charge in [0.25, 0.3) is 0 Å². The number of carbonyl (C=O) groups excluding carboxylic acids is 2. The summed E-state index contributed by atoms with van der Waals surface area (Å²) < 4.78 is 38.4. The van der Waals surface area contributed by atoms with Gasteiger partial charge in [0.15, 0.2) is 0 Å². The van der Waals surface area contributed by atoms with E-state index in [1.165, 1.54) is 0 Å². The molecule has 0 bridgehead atoms. The zero-order valence-corrected chi connectivity index (χ0v) is 18.5. The number of nitrogens with two attached hydrogens (primary N) is 1. The number of anilines is 2. The average Bonchev–Trinajstić information content (AvgIpc) is 3.08. The number of hydrogen-bond acceptors (Lipinski definition) is 8. The van der Waals surface area contributed by atoms with Crippen LogP contribution in [-0.2, 0) is 9.63 Å². The third-order valence-electron chi connectivity index (χ3n) is 4.86. The quantitative estimate of drug-likeness (QED) is 0.532. The van der Waals surface area contributed by atoms with Crippen molar-refractivity contribution in [3.05, 3.63) is 46.3 Å². The standard InChI is InChI=1S/C21H25F3N4O3S/c1-12(2)10-27-19-15(14-11-26-8-9-28(14)31-20(30)21(22,23)24)16(25)18(32-19)17(29)13-6-4-3-5-7-13/h3-7,12,14,26-27H,8-11,25H2,1-2H3. The highest BCUT2D eigenvalue weighted by Gasteiger charge is 2.44. The van der Waals surface area contributed by atoms with Crippen LogP contribution in [0, 0.1) is 5.92 Å². The van der Waals surface area contributed by atoms with E-state index in [-0.39, 0.29) is 35.4 Å². The summed E-state index contributed by atoms with van der Waals surface area (Å²) in [4.78, 5) is 29.5. The zero-order valence-electron chi connectivity index (χ0n) is 17.7. The monoisotopic (exact) mass is 470 g/mol. The second-order valence-electron chi connectivity index (χ2n) is 7.79. The van der Waals surface area contributed by atoms with Gasteiger partial charge in [-0.05, 0) is 5.92 Å². The van der Waals surface area contributed by atoms with Crippen molar-refractivity contribution < 1.29 is 27.6 Å². The first-order valence-corrected chi connectivity index (χ1v) is 10.9. The molecule has 2 aromatic rings. The number of thiophene rings is 1. The second-order valence-corrected chi connectivity index (χ2v) is 8.82. The van der Waals surface area contributed by atoms with E-state index in [0.29, 0.717) is 29.2 Å². The molecule has 4 N–H and O–H groups in total. The molecule has 0 saturated carbocycles. The van der Waals surface area contributed by atoms with Gasteiger partial charge in [0.1, 0.15) is 4.88 Å². The van der Waals surface area contributed by atoms with Gasteiger partial charge >= 0.3 is 12.1 Å². The summed E-state index contributed by atoms with van der Waals surface area (Å²) >= 11 is 1.15. The van der Waals surface area contributed by atoms with Crippen LogP contribution in [0.2, 0.25) is 0 Å². The van der Waals surface area contributed by atoms with Crippen molar-refractivity contribution >= 4 is 33.8 Å². The molecule has 174 valence electrons. The number of ketones is 1. The third kappa shape index (κ3) is 5.40. The van der Waals surface area contributed by atoms with Gasteiger partial charge in [0.2, 0.25) is 5.78 Å². The minimum atomic E-state index is -5.12. The summed E-state index contributed by atoms with van der Waals surface area (Å²) in [7, 11) is 0. The molecule has 1 unspecified atom stereocenters. The summed E-state index contributed by atoms with van der Waals surface area (Å²) in [5, 5.41) is 7.89. The molecule has 1 saturated heterocycles. The van der Waals surface area contributed by atoms with Gasteiger partial charge < -0.3 is 21.2 Å². The van der Waals surface area contributed by atoms with E-state index in [1.54, 1.807) is 30.3 Å². The zero-order chi connectivity index (χ0) is 23.5. The van der Waals surface area contributed by atoms with Crippen molar-refractivity contribution in [3.63, 3.8) is 0 Å². The first-order valence-electron chi connectivity index (χ1n) is 10.1. The Morgan fingerprint density at radius 3 is 2.62 bits per heavy atom. The van der Waals surface area contributed by atoms with Crippen LogP contribution in [0.25, 0.3) is 0 Å². The Kier molecular flexibility index (Phi) is 7.42. The smallest absolute Gasteiger partial charge is 0.397 e. The van der Waals surface area contributed by atoms with Crippen LogP contribution < -0.4 is 16.4 Å². The van der Waals surface area contributed by atoms with Crippen molar-refractivity contribution in [3.8, 4) is 0 Å². The number of nitrogens with zero attached hydrogens (tertiary/aromatic N) is 1. The lowest BCUT2D eigenvalue weighted by molar-refractivity contribution is -0.249. The number of hydrogen-bond donors (Lipinski definition) is 3. The van der Waals surface area contributed by atoms with E-state index in [2.05, 4.69) is 15.5 Å². The molecule has 0 amide bonds. The van der Waals surface area contributed by atoms with E-state index in [1.807, 2.05) is 13.8 Å². The molecule has 7 nitrogen and oxygen atoms in total. The lowest BCUT2D eigenvalue weighted by atomic mass is 10.0. The van der Waals surface area contributed by atoms with Crippen LogP contribution in [0.5, 0.6) is 0 Å². The van der Waals surface area contributed by atoms with Crippen molar-refractivity contribution in [2.75, 3.05) is 37.2 Å². The maximum Gasteiger partial charge on any atom is 0.492 e. The normalized spacial score (nSPS) is 17.4. The number of halogens is 3. The summed E-state index contributed by atoms with van der Waals surface area (Å²) in [6.45, 7) is 5.12. The minimum Gasteiger partial charge on any atom is -0.397 e. The molecule has 11 heteroatoms. The number of piperazine rings is 1. The SMILES string of the molecule is CC(C)CNc1sc(C(=O)c2ccccc2)c(N)c1C1CNCCN1OC(=O)C(F)(F)F. The number of nitrogen functional groups attached to an aromatic ring is 1. The Bertz CT molecular complexity index is 963. The van der Waals surface area contributed by atoms with Gasteiger partial charge in [-0.2, -0.15) is 13.2 Å². The fraction of sp³-hybridized carbons (Fsp3) is 0.429. The number of rotatable bonds is 7. The fourth-order valence-corrected chi connectivity index (χ4v) is 4.45. The Morgan fingerprint density at radius 2 is 2.00 bits per heavy atom. The third-order valence-corrected chi connectivity index (χ3v) is 6.03. The largest absolute Gasteiger partial charge is 0.492 e. The molecule has 1 aliphatic rings. The highest BCUT2D eigenvalue weighted by atomic mass is 32.1. The van der Waals surface area contributed by atoms with Crippen molar-refractivity contribution in [1.29, 1.82) is 0 Å². The Morgan fingerprint density at radius 1 is 1.31 bits per heavy atom. The molecule has 1 fully saturated rings. The highest BCUT2D eigenvalue weighted by Crippen LogP contribution is 2.43. The Labute approximate surface area is 187 Å². The number of benzene rings is 1. The molecular formula is C21H25F3N4O3S. The lowest BCUT2D eigenvalue weighted by Gasteiger charge is -2.35. The molecule has 1 aromatic carbocycles. The molecular weight excluding hydrogens is 445 g/mol. The molecule has 0 radical (unpaired) electrons. The van der Waals surface area contributed by atoms with Crippen LogP contribution in [0.3, 0.4) is 0 Å². The van der Waals surface area contributed by atoms with Crippen LogP contribution >= 0.6 is 11.3 Å². The number of hydroxylamine groups is 2. The summed E-state index contributed by atoms with van der Waals surface area (Å²) in [6.07, 6.45) is -5.12. The lowest BCUT2D eigenvalue weighted by Crippen LogP contribution is -2.48. The first kappa shape index (κ1) is 24.0. The van der Waals surface area contributed by atoms with Crippen molar-refractivity contribution in [2.24, 2.45) is 5.92 Å². The van der Waals surface area contributed by atoms with Gasteiger partial charge in [0.05, 0.1) is 16.7 Å². The number of nitrogens with one attached hydrogen (secondary N) is 2. The van der Waals surface area contributed by atoms with Gasteiger partial charge in [-0.15, -0.1) is 16.4 Å². The van der Waals surface area contributed by atoms with Crippen molar-refractivity contribution in [2.45, 2.75) is 26.1 Å². The summed E-state index contributed by atoms with van der Waals surface area (Å²) in [5.41, 5.74) is 7.45. The van der Waals surface area contributed by atoms with E-state index < -0.39 is 18.2 Å². The van der Waals surface area contributed by atoms with E-state index in [0.717, 1.165) is 16.4 Å². The second kappa shape index (κ2) is 9.88. The predicted octanol–water partition coefficient (Wildman–Crippen LogP) is 3.60. The van der Waals surface area contributed by atoms with Gasteiger partial charge in [-0.3, -0.25) is 4.79 Å². The summed E-state index contributed by atoms with van der Waals surface area (Å²) in [5.74, 6) is -2.31. The van der Waals surface area contributed by atoms with Gasteiger partial charge in [0, 0.05) is 37.3 Å². The van der Waals surface area contributed by atoms with Gasteiger partial charge in [-0.1, -0.05) is 44.2 Å². The minimum absolute atomic E-state index is 0.0351. The van der Waals surface area contributed by atoms with Crippen LogP contribution in [0.4, 0.5) is 23.9 Å². The molecule has 0 aliphatic carbocycles. The predicted molar refractivity (Wildman–Crippen MR) is 116 cm³/mol. The molecule has 2 heterocycles. The van der Waals surface area contributed by atoms with Crippen molar-refractivity contribution in [1.82, 2.24) is 10.4 Å². The maximum absolute atomic E-state index is 13.1. The first-order chi connectivity index (χ1) is 15.1. The molecule has 1 aliphatic heterocycles. The topological polar surface area (TPSA) is 96.7 Å². The van der Waals surface area contributed by atoms with Crippen LogP contribution in [-0.4, -0.2) is 49.2 Å². The molecule has 3 rings (SSSR count). The van der Waals surface area contributed by atoms with E-state index in [4.69, 9.17) is 5.73 Å². The number of alkyl halides is 3. The highest BCUT2D eigenvalue weighted by molar-refractivity contribution is 7.19. The molecule has 32 heavy (non-hydrogen) atoms. The van der Waals surface area contributed by atoms with Gasteiger partial charge in [-0.25, -0.2) is 4.79 Å². The average molecular weight is 471 g/mol. The fourth-order valence-electron chi connectivity index (χ4n) is 3.30. The summed E-state index contributed by atoms with van der Waals surface area (Å²) in [6, 6.07) is 7.80. The van der Waals surface area contributed by atoms with Crippen LogP contribution in [0.1, 0.15) is 40.7 Å².